The number of carbonyl (C=O) groups excluding carboxylic acids is 1. The van der Waals surface area contributed by atoms with Crippen molar-refractivity contribution in [2.75, 3.05) is 11.9 Å². The maximum absolute atomic E-state index is 12.9. The fraction of sp³-hybridized carbons (Fsp3) is 0.231. The number of nitrogens with one attached hydrogen (secondary N) is 3. The maximum atomic E-state index is 12.9. The summed E-state index contributed by atoms with van der Waals surface area (Å²) in [7, 11) is 0. The standard InChI is InChI=1S/C26H26N6O3/c33-25(19-12-14-21(15-13-19)34-16-5-4-9-18-7-2-1-3-8-18)28-22-11-6-10-20-17-27-26(35-23(20)22)24-29-31-32-30-24/h1-3,6-8,10-15,26-27H,4-5,9,16-17H2,(H,28,33)(H,29,30,31,32). The summed E-state index contributed by atoms with van der Waals surface area (Å²) >= 11 is 0. The Hall–Kier alpha value is -4.24. The largest absolute Gasteiger partial charge is 0.494 e. The molecule has 0 spiro atoms. The first-order valence-corrected chi connectivity index (χ1v) is 11.6. The first-order valence-electron chi connectivity index (χ1n) is 11.6. The van der Waals surface area contributed by atoms with Gasteiger partial charge >= 0.3 is 0 Å². The van der Waals surface area contributed by atoms with Crippen LogP contribution in [0.2, 0.25) is 0 Å². The lowest BCUT2D eigenvalue weighted by Gasteiger charge is -2.27. The smallest absolute Gasteiger partial charge is 0.255 e. The lowest BCUT2D eigenvalue weighted by atomic mass is 10.1. The lowest BCUT2D eigenvalue weighted by molar-refractivity contribution is 0.102. The summed E-state index contributed by atoms with van der Waals surface area (Å²) in [4.78, 5) is 12.9. The Morgan fingerprint density at radius 2 is 1.89 bits per heavy atom. The molecule has 1 aromatic heterocycles. The van der Waals surface area contributed by atoms with E-state index < -0.39 is 6.23 Å². The van der Waals surface area contributed by atoms with Crippen molar-refractivity contribution in [3.63, 3.8) is 0 Å². The Kier molecular flexibility index (Phi) is 6.95. The molecule has 1 amide bonds. The Bertz CT molecular complexity index is 1250. The van der Waals surface area contributed by atoms with Gasteiger partial charge in [-0.05, 0) is 60.4 Å². The second-order valence-electron chi connectivity index (χ2n) is 8.21. The molecule has 3 N–H and O–H groups in total. The van der Waals surface area contributed by atoms with Crippen LogP contribution in [-0.2, 0) is 13.0 Å². The van der Waals surface area contributed by atoms with Gasteiger partial charge in [-0.1, -0.05) is 42.5 Å². The molecule has 178 valence electrons. The summed E-state index contributed by atoms with van der Waals surface area (Å²) in [6, 6.07) is 23.2. The molecular formula is C26H26N6O3. The van der Waals surface area contributed by atoms with Crippen molar-refractivity contribution in [3.8, 4) is 11.5 Å². The molecule has 1 aliphatic rings. The molecule has 0 saturated heterocycles. The van der Waals surface area contributed by atoms with E-state index >= 15 is 0 Å². The minimum atomic E-state index is -0.552. The average molecular weight is 471 g/mol. The zero-order chi connectivity index (χ0) is 23.9. The summed E-state index contributed by atoms with van der Waals surface area (Å²) in [5.41, 5.74) is 3.39. The predicted octanol–water partition coefficient (Wildman–Crippen LogP) is 4.03. The Morgan fingerprint density at radius 3 is 2.69 bits per heavy atom. The third-order valence-electron chi connectivity index (χ3n) is 5.74. The minimum absolute atomic E-state index is 0.231. The van der Waals surface area contributed by atoms with Gasteiger partial charge in [-0.2, -0.15) is 5.21 Å². The molecule has 4 aromatic rings. The van der Waals surface area contributed by atoms with E-state index in [0.717, 1.165) is 30.6 Å². The van der Waals surface area contributed by atoms with Crippen LogP contribution in [-0.4, -0.2) is 33.1 Å². The van der Waals surface area contributed by atoms with Crippen molar-refractivity contribution in [2.24, 2.45) is 0 Å². The minimum Gasteiger partial charge on any atom is -0.494 e. The number of anilines is 1. The SMILES string of the molecule is O=C(Nc1cccc2c1OC(c1nn[nH]n1)NC2)c1ccc(OCCCCc2ccccc2)cc1. The van der Waals surface area contributed by atoms with Crippen molar-refractivity contribution < 1.29 is 14.3 Å². The molecule has 3 aromatic carbocycles. The van der Waals surface area contributed by atoms with Crippen LogP contribution in [0, 0.1) is 0 Å². The van der Waals surface area contributed by atoms with Crippen LogP contribution in [0.4, 0.5) is 5.69 Å². The fourth-order valence-corrected chi connectivity index (χ4v) is 3.91. The molecule has 2 heterocycles. The number of aromatic nitrogens is 4. The van der Waals surface area contributed by atoms with Crippen LogP contribution >= 0.6 is 0 Å². The van der Waals surface area contributed by atoms with E-state index in [-0.39, 0.29) is 5.91 Å². The second kappa shape index (κ2) is 10.8. The van der Waals surface area contributed by atoms with Crippen molar-refractivity contribution in [2.45, 2.75) is 32.0 Å². The molecule has 1 unspecified atom stereocenters. The highest BCUT2D eigenvalue weighted by Gasteiger charge is 2.26. The van der Waals surface area contributed by atoms with Crippen LogP contribution in [0.3, 0.4) is 0 Å². The van der Waals surface area contributed by atoms with Crippen LogP contribution in [0.25, 0.3) is 0 Å². The first-order chi connectivity index (χ1) is 17.3. The summed E-state index contributed by atoms with van der Waals surface area (Å²) in [6.45, 7) is 1.19. The van der Waals surface area contributed by atoms with Gasteiger partial charge in [-0.3, -0.25) is 10.1 Å². The Morgan fingerprint density at radius 1 is 1.03 bits per heavy atom. The lowest BCUT2D eigenvalue weighted by Crippen LogP contribution is -2.32. The molecule has 5 rings (SSSR count). The van der Waals surface area contributed by atoms with Gasteiger partial charge in [0.2, 0.25) is 12.1 Å². The highest BCUT2D eigenvalue weighted by atomic mass is 16.5. The molecule has 35 heavy (non-hydrogen) atoms. The Labute approximate surface area is 202 Å². The number of hydrogen-bond acceptors (Lipinski definition) is 7. The molecule has 0 saturated carbocycles. The van der Waals surface area contributed by atoms with Gasteiger partial charge < -0.3 is 14.8 Å². The van der Waals surface area contributed by atoms with E-state index in [4.69, 9.17) is 9.47 Å². The number of unbranched alkanes of at least 4 members (excludes halogenated alkanes) is 1. The summed E-state index contributed by atoms with van der Waals surface area (Å²) in [5.74, 6) is 1.50. The number of rotatable bonds is 9. The number of hydrogen-bond donors (Lipinski definition) is 3. The second-order valence-corrected chi connectivity index (χ2v) is 8.21. The number of nitrogens with zero attached hydrogens (tertiary/aromatic N) is 3. The highest BCUT2D eigenvalue weighted by Crippen LogP contribution is 2.35. The van der Waals surface area contributed by atoms with E-state index in [1.807, 2.05) is 36.4 Å². The third-order valence-corrected chi connectivity index (χ3v) is 5.74. The molecule has 9 heteroatoms. The topological polar surface area (TPSA) is 114 Å². The maximum Gasteiger partial charge on any atom is 0.255 e. The molecule has 0 bridgehead atoms. The third kappa shape index (κ3) is 5.64. The fourth-order valence-electron chi connectivity index (χ4n) is 3.91. The van der Waals surface area contributed by atoms with E-state index in [0.29, 0.717) is 36.0 Å². The average Bonchev–Trinajstić information content (AvgIpc) is 3.45. The van der Waals surface area contributed by atoms with E-state index in [2.05, 4.69) is 55.5 Å². The van der Waals surface area contributed by atoms with E-state index in [1.54, 1.807) is 12.1 Å². The molecule has 0 radical (unpaired) electrons. The van der Waals surface area contributed by atoms with Crippen molar-refractivity contribution in [1.82, 2.24) is 25.9 Å². The zero-order valence-electron chi connectivity index (χ0n) is 19.1. The van der Waals surface area contributed by atoms with Gasteiger partial charge in [0.15, 0.2) is 0 Å². The number of aromatic amines is 1. The molecule has 0 fully saturated rings. The number of amides is 1. The number of fused-ring (bicyclic) bond motifs is 1. The van der Waals surface area contributed by atoms with Crippen LogP contribution in [0.15, 0.2) is 72.8 Å². The summed E-state index contributed by atoms with van der Waals surface area (Å²) in [6.07, 6.45) is 2.53. The molecule has 0 aliphatic carbocycles. The van der Waals surface area contributed by atoms with Crippen LogP contribution in [0.5, 0.6) is 11.5 Å². The number of carbonyl (C=O) groups is 1. The number of H-pyrrole nitrogens is 1. The van der Waals surface area contributed by atoms with E-state index in [1.165, 1.54) is 5.56 Å². The molecule has 1 atom stereocenters. The molecular weight excluding hydrogens is 444 g/mol. The first kappa shape index (κ1) is 22.5. The summed E-state index contributed by atoms with van der Waals surface area (Å²) in [5, 5.41) is 20.1. The number of para-hydroxylation sites is 1. The monoisotopic (exact) mass is 470 g/mol. The van der Waals surface area contributed by atoms with E-state index in [9.17, 15) is 4.79 Å². The normalized spacial score (nSPS) is 14.6. The van der Waals surface area contributed by atoms with Crippen molar-refractivity contribution >= 4 is 11.6 Å². The highest BCUT2D eigenvalue weighted by molar-refractivity contribution is 6.05. The molecule has 1 aliphatic heterocycles. The number of tetrazole rings is 1. The van der Waals surface area contributed by atoms with Gasteiger partial charge in [-0.25, -0.2) is 0 Å². The molecule has 9 nitrogen and oxygen atoms in total. The number of ether oxygens (including phenoxy) is 2. The van der Waals surface area contributed by atoms with Crippen LogP contribution in [0.1, 0.15) is 46.4 Å². The summed E-state index contributed by atoms with van der Waals surface area (Å²) < 4.78 is 11.9. The number of aryl methyl sites for hydroxylation is 1. The van der Waals surface area contributed by atoms with Gasteiger partial charge in [0, 0.05) is 17.7 Å². The zero-order valence-corrected chi connectivity index (χ0v) is 19.1. The van der Waals surface area contributed by atoms with Crippen molar-refractivity contribution in [1.29, 1.82) is 0 Å². The van der Waals surface area contributed by atoms with Gasteiger partial charge in [0.05, 0.1) is 12.3 Å². The van der Waals surface area contributed by atoms with Gasteiger partial charge in [-0.15, -0.1) is 10.2 Å². The van der Waals surface area contributed by atoms with Crippen molar-refractivity contribution in [3.05, 3.63) is 95.3 Å². The quantitative estimate of drug-likeness (QED) is 0.316. The van der Waals surface area contributed by atoms with Gasteiger partial charge in [0.1, 0.15) is 11.5 Å². The predicted molar refractivity (Wildman–Crippen MR) is 130 cm³/mol. The Balaban J connectivity index is 1.14. The number of benzene rings is 3. The van der Waals surface area contributed by atoms with Gasteiger partial charge in [0.25, 0.3) is 5.91 Å². The van der Waals surface area contributed by atoms with Crippen LogP contribution < -0.4 is 20.1 Å².